The maximum absolute atomic E-state index is 12.6. The van der Waals surface area contributed by atoms with E-state index < -0.39 is 0 Å². The number of benzene rings is 1. The molecule has 0 spiro atoms. The summed E-state index contributed by atoms with van der Waals surface area (Å²) in [7, 11) is 0. The van der Waals surface area contributed by atoms with Crippen LogP contribution in [0.1, 0.15) is 18.5 Å². The summed E-state index contributed by atoms with van der Waals surface area (Å²) in [5.74, 6) is 0. The first-order valence-electron chi connectivity index (χ1n) is 6.24. The van der Waals surface area contributed by atoms with Gasteiger partial charge >= 0.3 is 0 Å². The van der Waals surface area contributed by atoms with Gasteiger partial charge in [0.05, 0.1) is 11.4 Å². The number of pyridine rings is 1. The molecule has 20 heavy (non-hydrogen) atoms. The first-order chi connectivity index (χ1) is 9.66. The van der Waals surface area contributed by atoms with Gasteiger partial charge in [-0.1, -0.05) is 30.3 Å². The number of aromatic nitrogens is 3. The molecule has 0 aliphatic rings. The molecule has 2 heterocycles. The van der Waals surface area contributed by atoms with Crippen molar-refractivity contribution in [2.45, 2.75) is 13.0 Å². The Morgan fingerprint density at radius 1 is 1.20 bits per heavy atom. The molecule has 0 fully saturated rings. The standard InChI is InChI=1S/C15H12BrN3O/c1-10(11-5-3-2-4-6-11)19-9-18-14-13(15(19)20)7-12(16)8-17-14/h2-10H,1H3. The number of fused-ring (bicyclic) bond motifs is 1. The number of halogens is 1. The van der Waals surface area contributed by atoms with E-state index in [9.17, 15) is 4.79 Å². The molecule has 0 radical (unpaired) electrons. The SMILES string of the molecule is CC(c1ccccc1)n1cnc2ncc(Br)cc2c1=O. The van der Waals surface area contributed by atoms with E-state index in [1.165, 1.54) is 0 Å². The number of nitrogens with zero attached hydrogens (tertiary/aromatic N) is 3. The molecule has 1 aromatic carbocycles. The second-order valence-corrected chi connectivity index (χ2v) is 5.48. The zero-order chi connectivity index (χ0) is 14.1. The van der Waals surface area contributed by atoms with Gasteiger partial charge in [0.2, 0.25) is 0 Å². The molecule has 0 amide bonds. The van der Waals surface area contributed by atoms with E-state index in [1.807, 2.05) is 37.3 Å². The Morgan fingerprint density at radius 3 is 2.70 bits per heavy atom. The number of hydrogen-bond acceptors (Lipinski definition) is 3. The molecule has 0 bridgehead atoms. The fourth-order valence-electron chi connectivity index (χ4n) is 2.17. The molecular weight excluding hydrogens is 318 g/mol. The third-order valence-electron chi connectivity index (χ3n) is 3.30. The van der Waals surface area contributed by atoms with Crippen LogP contribution in [0.25, 0.3) is 11.0 Å². The summed E-state index contributed by atoms with van der Waals surface area (Å²) >= 11 is 3.33. The fourth-order valence-corrected chi connectivity index (χ4v) is 2.50. The number of hydrogen-bond donors (Lipinski definition) is 0. The first kappa shape index (κ1) is 13.0. The molecule has 100 valence electrons. The average Bonchev–Trinajstić information content (AvgIpc) is 2.48. The first-order valence-corrected chi connectivity index (χ1v) is 7.03. The highest BCUT2D eigenvalue weighted by atomic mass is 79.9. The summed E-state index contributed by atoms with van der Waals surface area (Å²) in [5.41, 5.74) is 1.45. The lowest BCUT2D eigenvalue weighted by molar-refractivity contribution is 0.608. The third-order valence-corrected chi connectivity index (χ3v) is 3.74. The molecule has 1 unspecified atom stereocenters. The Kier molecular flexibility index (Phi) is 3.36. The van der Waals surface area contributed by atoms with Crippen molar-refractivity contribution in [2.75, 3.05) is 0 Å². The third kappa shape index (κ3) is 2.25. The van der Waals surface area contributed by atoms with E-state index in [1.54, 1.807) is 23.2 Å². The van der Waals surface area contributed by atoms with E-state index in [0.29, 0.717) is 11.0 Å². The van der Waals surface area contributed by atoms with Gasteiger partial charge < -0.3 is 0 Å². The minimum Gasteiger partial charge on any atom is -0.291 e. The van der Waals surface area contributed by atoms with Gasteiger partial charge in [0.25, 0.3) is 5.56 Å². The van der Waals surface area contributed by atoms with Crippen LogP contribution in [-0.4, -0.2) is 14.5 Å². The summed E-state index contributed by atoms with van der Waals surface area (Å²) in [6, 6.07) is 11.6. The van der Waals surface area contributed by atoms with Crippen molar-refractivity contribution >= 4 is 27.0 Å². The van der Waals surface area contributed by atoms with Crippen molar-refractivity contribution in [1.82, 2.24) is 14.5 Å². The molecule has 0 aliphatic heterocycles. The lowest BCUT2D eigenvalue weighted by atomic mass is 10.1. The Hall–Kier alpha value is -2.01. The van der Waals surface area contributed by atoms with Gasteiger partial charge in [-0.05, 0) is 34.5 Å². The highest BCUT2D eigenvalue weighted by Crippen LogP contribution is 2.17. The van der Waals surface area contributed by atoms with E-state index in [4.69, 9.17) is 0 Å². The van der Waals surface area contributed by atoms with Crippen LogP contribution >= 0.6 is 15.9 Å². The smallest absolute Gasteiger partial charge is 0.263 e. The number of rotatable bonds is 2. The topological polar surface area (TPSA) is 47.8 Å². The van der Waals surface area contributed by atoms with Crippen molar-refractivity contribution in [3.8, 4) is 0 Å². The average molecular weight is 330 g/mol. The van der Waals surface area contributed by atoms with Gasteiger partial charge in [0.15, 0.2) is 5.65 Å². The van der Waals surface area contributed by atoms with Gasteiger partial charge in [-0.25, -0.2) is 9.97 Å². The largest absolute Gasteiger partial charge is 0.291 e. The maximum atomic E-state index is 12.6. The molecule has 0 aliphatic carbocycles. The molecule has 0 saturated carbocycles. The molecule has 0 N–H and O–H groups in total. The van der Waals surface area contributed by atoms with Crippen molar-refractivity contribution in [2.24, 2.45) is 0 Å². The Labute approximate surface area is 124 Å². The van der Waals surface area contributed by atoms with Gasteiger partial charge in [-0.2, -0.15) is 0 Å². The lowest BCUT2D eigenvalue weighted by Crippen LogP contribution is -2.24. The summed E-state index contributed by atoms with van der Waals surface area (Å²) in [5, 5.41) is 0.518. The van der Waals surface area contributed by atoms with Crippen LogP contribution in [0.15, 0.2) is 58.2 Å². The molecule has 0 saturated heterocycles. The van der Waals surface area contributed by atoms with Crippen molar-refractivity contribution in [3.05, 3.63) is 69.3 Å². The predicted molar refractivity (Wildman–Crippen MR) is 81.8 cm³/mol. The van der Waals surface area contributed by atoms with E-state index >= 15 is 0 Å². The zero-order valence-electron chi connectivity index (χ0n) is 10.8. The van der Waals surface area contributed by atoms with Crippen molar-refractivity contribution in [3.63, 3.8) is 0 Å². The summed E-state index contributed by atoms with van der Waals surface area (Å²) in [4.78, 5) is 21.0. The summed E-state index contributed by atoms with van der Waals surface area (Å²) in [6.45, 7) is 1.98. The quantitative estimate of drug-likeness (QED) is 0.725. The molecule has 2 aromatic heterocycles. The van der Waals surface area contributed by atoms with Crippen LogP contribution in [-0.2, 0) is 0 Å². The monoisotopic (exact) mass is 329 g/mol. The van der Waals surface area contributed by atoms with Crippen LogP contribution in [0, 0.1) is 0 Å². The Morgan fingerprint density at radius 2 is 1.95 bits per heavy atom. The minimum absolute atomic E-state index is 0.0698. The second-order valence-electron chi connectivity index (χ2n) is 4.57. The van der Waals surface area contributed by atoms with Crippen molar-refractivity contribution in [1.29, 1.82) is 0 Å². The van der Waals surface area contributed by atoms with Crippen LogP contribution in [0.4, 0.5) is 0 Å². The summed E-state index contributed by atoms with van der Waals surface area (Å²) < 4.78 is 2.40. The summed E-state index contributed by atoms with van der Waals surface area (Å²) in [6.07, 6.45) is 3.20. The minimum atomic E-state index is -0.0832. The second kappa shape index (κ2) is 5.17. The van der Waals surface area contributed by atoms with Crippen LogP contribution in [0.2, 0.25) is 0 Å². The van der Waals surface area contributed by atoms with Gasteiger partial charge in [0.1, 0.15) is 6.33 Å². The Balaban J connectivity index is 2.18. The Bertz CT molecular complexity index is 814. The maximum Gasteiger partial charge on any atom is 0.263 e. The fraction of sp³-hybridized carbons (Fsp3) is 0.133. The van der Waals surface area contributed by atoms with Gasteiger partial charge in [-0.15, -0.1) is 0 Å². The molecule has 5 heteroatoms. The van der Waals surface area contributed by atoms with Crippen LogP contribution < -0.4 is 5.56 Å². The molecular formula is C15H12BrN3O. The predicted octanol–water partition coefficient (Wildman–Crippen LogP) is 3.16. The zero-order valence-corrected chi connectivity index (χ0v) is 12.4. The normalized spacial score (nSPS) is 12.5. The van der Waals surface area contributed by atoms with E-state index in [2.05, 4.69) is 25.9 Å². The van der Waals surface area contributed by atoms with Gasteiger partial charge in [0, 0.05) is 10.7 Å². The lowest BCUT2D eigenvalue weighted by Gasteiger charge is -2.15. The molecule has 3 rings (SSSR count). The molecule has 4 nitrogen and oxygen atoms in total. The van der Waals surface area contributed by atoms with E-state index in [-0.39, 0.29) is 11.6 Å². The van der Waals surface area contributed by atoms with Gasteiger partial charge in [-0.3, -0.25) is 9.36 Å². The molecule has 1 atom stereocenters. The highest BCUT2D eigenvalue weighted by molar-refractivity contribution is 9.10. The molecule has 3 aromatic rings. The highest BCUT2D eigenvalue weighted by Gasteiger charge is 2.12. The van der Waals surface area contributed by atoms with Crippen molar-refractivity contribution < 1.29 is 0 Å². The van der Waals surface area contributed by atoms with Crippen LogP contribution in [0.3, 0.4) is 0 Å². The van der Waals surface area contributed by atoms with Crippen LogP contribution in [0.5, 0.6) is 0 Å². The van der Waals surface area contributed by atoms with E-state index in [0.717, 1.165) is 10.0 Å².